The van der Waals surface area contributed by atoms with E-state index in [0.717, 1.165) is 6.42 Å². The molecular weight excluding hydrogens is 232 g/mol. The fourth-order valence-corrected chi connectivity index (χ4v) is 0.780. The van der Waals surface area contributed by atoms with Gasteiger partial charge in [0.1, 0.15) is 5.60 Å². The highest BCUT2D eigenvalue weighted by Gasteiger charge is 2.25. The highest BCUT2D eigenvalue weighted by atomic mass is 35.5. The van der Waals surface area contributed by atoms with Crippen LogP contribution < -0.4 is 0 Å². The highest BCUT2D eigenvalue weighted by molar-refractivity contribution is 6.61. The van der Waals surface area contributed by atoms with E-state index in [1.807, 2.05) is 34.6 Å². The van der Waals surface area contributed by atoms with Crippen molar-refractivity contribution in [3.8, 4) is 0 Å². The third-order valence-electron chi connectivity index (χ3n) is 2.26. The second-order valence-corrected chi connectivity index (χ2v) is 5.18. The Morgan fingerprint density at radius 3 is 2.06 bits per heavy atom. The van der Waals surface area contributed by atoms with E-state index in [2.05, 4.69) is 4.74 Å². The minimum atomic E-state index is -0.800. The Kier molecular flexibility index (Phi) is 6.30. The van der Waals surface area contributed by atoms with Gasteiger partial charge in [-0.2, -0.15) is 0 Å². The lowest BCUT2D eigenvalue weighted by molar-refractivity contribution is -0.402. The van der Waals surface area contributed by atoms with Crippen molar-refractivity contribution in [1.82, 2.24) is 0 Å². The van der Waals surface area contributed by atoms with Gasteiger partial charge in [-0.05, 0) is 34.1 Å². The molecule has 0 aromatic carbocycles. The maximum absolute atomic E-state index is 10.4. The second-order valence-electron chi connectivity index (χ2n) is 4.88. The van der Waals surface area contributed by atoms with Gasteiger partial charge in [-0.3, -0.25) is 0 Å². The summed E-state index contributed by atoms with van der Waals surface area (Å²) in [6.45, 7) is 9.85. The summed E-state index contributed by atoms with van der Waals surface area (Å²) in [5, 5.41) is 0. The van der Waals surface area contributed by atoms with E-state index in [1.165, 1.54) is 0 Å². The third-order valence-corrected chi connectivity index (χ3v) is 2.37. The number of carbonyl (C=O) groups excluding carboxylic acids is 1. The van der Waals surface area contributed by atoms with Gasteiger partial charge in [0.2, 0.25) is 0 Å². The summed E-state index contributed by atoms with van der Waals surface area (Å²) in [5.41, 5.74) is -1.63. The van der Waals surface area contributed by atoms with Gasteiger partial charge in [0.15, 0.2) is 0 Å². The van der Waals surface area contributed by atoms with Crippen LogP contribution in [0.2, 0.25) is 0 Å². The molecule has 0 unspecified atom stereocenters. The molecule has 96 valence electrons. The zero-order valence-corrected chi connectivity index (χ0v) is 11.4. The number of hydrogen-bond donors (Lipinski definition) is 0. The van der Waals surface area contributed by atoms with Gasteiger partial charge in [0.25, 0.3) is 0 Å². The first kappa shape index (κ1) is 15.7. The van der Waals surface area contributed by atoms with Gasteiger partial charge in [-0.25, -0.2) is 14.6 Å². The van der Waals surface area contributed by atoms with E-state index < -0.39 is 11.0 Å². The monoisotopic (exact) mass is 252 g/mol. The highest BCUT2D eigenvalue weighted by Crippen LogP contribution is 2.21. The largest absolute Gasteiger partial charge is 0.454 e. The number of rotatable bonds is 7. The Bertz CT molecular complexity index is 226. The predicted molar refractivity (Wildman–Crippen MR) is 62.4 cm³/mol. The Hall–Kier alpha value is -0.320. The minimum absolute atomic E-state index is 0.214. The van der Waals surface area contributed by atoms with Gasteiger partial charge in [0.05, 0.1) is 12.2 Å². The molecule has 0 aliphatic rings. The molecule has 0 heterocycles. The molecule has 0 rings (SSSR count). The van der Waals surface area contributed by atoms with Crippen LogP contribution in [0.5, 0.6) is 0 Å². The zero-order chi connectivity index (χ0) is 12.8. The van der Waals surface area contributed by atoms with E-state index in [9.17, 15) is 4.79 Å². The van der Waals surface area contributed by atoms with Crippen LogP contribution in [0.25, 0.3) is 0 Å². The molecule has 0 aliphatic carbocycles. The van der Waals surface area contributed by atoms with E-state index in [4.69, 9.17) is 21.4 Å². The molecule has 0 aromatic heterocycles. The number of ether oxygens (including phenoxy) is 1. The van der Waals surface area contributed by atoms with Crippen molar-refractivity contribution in [3.05, 3.63) is 0 Å². The molecule has 4 nitrogen and oxygen atoms in total. The van der Waals surface area contributed by atoms with Crippen LogP contribution in [-0.4, -0.2) is 23.2 Å². The van der Waals surface area contributed by atoms with Crippen LogP contribution in [0.3, 0.4) is 0 Å². The van der Waals surface area contributed by atoms with Gasteiger partial charge in [-0.1, -0.05) is 6.92 Å². The first-order chi connectivity index (χ1) is 7.18. The fourth-order valence-electron chi connectivity index (χ4n) is 0.703. The minimum Gasteiger partial charge on any atom is -0.454 e. The van der Waals surface area contributed by atoms with Crippen molar-refractivity contribution < 1.29 is 19.3 Å². The normalized spacial score (nSPS) is 12.6. The van der Waals surface area contributed by atoms with Crippen LogP contribution >= 0.6 is 11.6 Å². The van der Waals surface area contributed by atoms with Gasteiger partial charge >= 0.3 is 5.43 Å². The Labute approximate surface area is 102 Å². The van der Waals surface area contributed by atoms with Crippen molar-refractivity contribution in [1.29, 1.82) is 0 Å². The first-order valence-electron chi connectivity index (χ1n) is 5.38. The SMILES string of the molecule is CCC(C)(C)OOC(C)(C)CCOC(=O)Cl. The fraction of sp³-hybridized carbons (Fsp3) is 0.909. The quantitative estimate of drug-likeness (QED) is 0.394. The number of hydrogen-bond acceptors (Lipinski definition) is 4. The maximum atomic E-state index is 10.4. The maximum Gasteiger partial charge on any atom is 0.403 e. The van der Waals surface area contributed by atoms with Crippen LogP contribution in [-0.2, 0) is 14.5 Å². The Morgan fingerprint density at radius 2 is 1.62 bits per heavy atom. The summed E-state index contributed by atoms with van der Waals surface area (Å²) < 4.78 is 4.63. The first-order valence-corrected chi connectivity index (χ1v) is 5.75. The van der Waals surface area contributed by atoms with Gasteiger partial charge in [0, 0.05) is 18.0 Å². The summed E-state index contributed by atoms with van der Waals surface area (Å²) in [6, 6.07) is 0. The molecule has 0 aromatic rings. The summed E-state index contributed by atoms with van der Waals surface area (Å²) in [7, 11) is 0. The molecule has 0 saturated heterocycles. The van der Waals surface area contributed by atoms with Gasteiger partial charge in [-0.15, -0.1) is 0 Å². The predicted octanol–water partition coefficient (Wildman–Crippen LogP) is 3.67. The van der Waals surface area contributed by atoms with Crippen LogP contribution in [0.15, 0.2) is 0 Å². The third kappa shape index (κ3) is 7.91. The molecule has 0 N–H and O–H groups in total. The topological polar surface area (TPSA) is 44.8 Å². The Morgan fingerprint density at radius 1 is 1.12 bits per heavy atom. The molecule has 0 fully saturated rings. The lowest BCUT2D eigenvalue weighted by Crippen LogP contribution is -2.33. The molecule has 0 aliphatic heterocycles. The standard InChI is InChI=1S/C11H21ClO4/c1-6-10(2,3)15-16-11(4,5)7-8-14-9(12)13/h6-8H2,1-5H3. The average molecular weight is 253 g/mol. The van der Waals surface area contributed by atoms with E-state index >= 15 is 0 Å². The molecule has 0 amide bonds. The van der Waals surface area contributed by atoms with Crippen molar-refractivity contribution >= 4 is 17.0 Å². The van der Waals surface area contributed by atoms with E-state index in [1.54, 1.807) is 0 Å². The summed E-state index contributed by atoms with van der Waals surface area (Å²) in [6.07, 6.45) is 1.37. The van der Waals surface area contributed by atoms with Crippen molar-refractivity contribution in [2.75, 3.05) is 6.61 Å². The summed E-state index contributed by atoms with van der Waals surface area (Å²) >= 11 is 5.05. The molecule has 16 heavy (non-hydrogen) atoms. The smallest absolute Gasteiger partial charge is 0.403 e. The van der Waals surface area contributed by atoms with Crippen molar-refractivity contribution in [3.63, 3.8) is 0 Å². The van der Waals surface area contributed by atoms with Crippen LogP contribution in [0.1, 0.15) is 47.5 Å². The molecule has 0 spiro atoms. The van der Waals surface area contributed by atoms with Crippen molar-refractivity contribution in [2.45, 2.75) is 58.7 Å². The van der Waals surface area contributed by atoms with Crippen molar-refractivity contribution in [2.24, 2.45) is 0 Å². The molecule has 0 atom stereocenters. The molecule has 5 heteroatoms. The average Bonchev–Trinajstić information content (AvgIpc) is 2.14. The second kappa shape index (κ2) is 6.42. The lowest BCUT2D eigenvalue weighted by Gasteiger charge is -2.29. The molecule has 0 saturated carbocycles. The Balaban J connectivity index is 3.91. The molecular formula is C11H21ClO4. The van der Waals surface area contributed by atoms with Crippen LogP contribution in [0, 0.1) is 0 Å². The lowest BCUT2D eigenvalue weighted by atomic mass is 10.1. The zero-order valence-electron chi connectivity index (χ0n) is 10.6. The van der Waals surface area contributed by atoms with Crippen LogP contribution in [0.4, 0.5) is 4.79 Å². The summed E-state index contributed by atoms with van der Waals surface area (Å²) in [5.74, 6) is 0. The number of carbonyl (C=O) groups is 1. The molecule has 0 bridgehead atoms. The van der Waals surface area contributed by atoms with Gasteiger partial charge < -0.3 is 4.74 Å². The van der Waals surface area contributed by atoms with E-state index in [0.29, 0.717) is 6.42 Å². The number of halogens is 1. The molecule has 0 radical (unpaired) electrons. The van der Waals surface area contributed by atoms with E-state index in [-0.39, 0.29) is 12.2 Å². The summed E-state index contributed by atoms with van der Waals surface area (Å²) in [4.78, 5) is 21.0.